The van der Waals surface area contributed by atoms with Gasteiger partial charge in [-0.05, 0) is 30.7 Å². The van der Waals surface area contributed by atoms with E-state index in [2.05, 4.69) is 9.97 Å². The molecule has 0 aliphatic carbocycles. The molecule has 0 saturated carbocycles. The molecule has 0 N–H and O–H groups in total. The summed E-state index contributed by atoms with van der Waals surface area (Å²) in [5.41, 5.74) is 0.485. The first-order chi connectivity index (χ1) is 9.63. The molecule has 6 nitrogen and oxygen atoms in total. The fraction of sp³-hybridized carbons (Fsp3) is 0.231. The van der Waals surface area contributed by atoms with Crippen molar-refractivity contribution >= 4 is 17.3 Å². The number of nitro groups is 1. The fourth-order valence-electron chi connectivity index (χ4n) is 1.66. The highest BCUT2D eigenvalue weighted by molar-refractivity contribution is 6.31. The Labute approximate surface area is 120 Å². The van der Waals surface area contributed by atoms with Crippen molar-refractivity contribution in [3.8, 4) is 17.0 Å². The highest BCUT2D eigenvalue weighted by Gasteiger charge is 2.22. The number of nitrogens with zero attached hydrogens (tertiary/aromatic N) is 3. The first-order valence-electron chi connectivity index (χ1n) is 6.01. The molecule has 0 spiro atoms. The lowest BCUT2D eigenvalue weighted by Crippen LogP contribution is -1.98. The van der Waals surface area contributed by atoms with Gasteiger partial charge in [0, 0.05) is 5.56 Å². The molecule has 0 aliphatic heterocycles. The summed E-state index contributed by atoms with van der Waals surface area (Å²) in [7, 11) is 0. The van der Waals surface area contributed by atoms with Crippen molar-refractivity contribution in [3.05, 3.63) is 45.9 Å². The van der Waals surface area contributed by atoms with E-state index in [4.69, 9.17) is 16.3 Å². The zero-order valence-corrected chi connectivity index (χ0v) is 11.5. The average molecular weight is 294 g/mol. The van der Waals surface area contributed by atoms with Crippen molar-refractivity contribution in [2.24, 2.45) is 0 Å². The van der Waals surface area contributed by atoms with Gasteiger partial charge in [0.2, 0.25) is 5.15 Å². The smallest absolute Gasteiger partial charge is 0.332 e. The van der Waals surface area contributed by atoms with E-state index in [0.29, 0.717) is 17.9 Å². The standard InChI is InChI=1S/C13H12ClN3O3/c1-2-7-20-10-5-3-9(4-6-10)11-12(17(18)19)13(14)16-8-15-11/h3-6,8H,2,7H2,1H3. The molecule has 1 aromatic carbocycles. The largest absolute Gasteiger partial charge is 0.494 e. The summed E-state index contributed by atoms with van der Waals surface area (Å²) in [4.78, 5) is 18.0. The maximum Gasteiger partial charge on any atom is 0.332 e. The Hall–Kier alpha value is -2.21. The molecule has 0 bridgehead atoms. The van der Waals surface area contributed by atoms with Crippen molar-refractivity contribution in [1.29, 1.82) is 0 Å². The molecule has 0 amide bonds. The van der Waals surface area contributed by atoms with Crippen LogP contribution in [-0.4, -0.2) is 21.5 Å². The van der Waals surface area contributed by atoms with Crippen LogP contribution >= 0.6 is 11.6 Å². The summed E-state index contributed by atoms with van der Waals surface area (Å²) in [6.45, 7) is 2.64. The molecule has 0 aliphatic rings. The van der Waals surface area contributed by atoms with Crippen LogP contribution in [0.1, 0.15) is 13.3 Å². The Morgan fingerprint density at radius 2 is 2.00 bits per heavy atom. The molecule has 7 heteroatoms. The number of hydrogen-bond donors (Lipinski definition) is 0. The van der Waals surface area contributed by atoms with Crippen molar-refractivity contribution in [1.82, 2.24) is 9.97 Å². The van der Waals surface area contributed by atoms with Gasteiger partial charge >= 0.3 is 5.69 Å². The van der Waals surface area contributed by atoms with Crippen molar-refractivity contribution in [3.63, 3.8) is 0 Å². The summed E-state index contributed by atoms with van der Waals surface area (Å²) >= 11 is 5.76. The van der Waals surface area contributed by atoms with Gasteiger partial charge < -0.3 is 4.74 Å². The minimum Gasteiger partial charge on any atom is -0.494 e. The predicted molar refractivity (Wildman–Crippen MR) is 74.9 cm³/mol. The highest BCUT2D eigenvalue weighted by Crippen LogP contribution is 2.32. The Bertz CT molecular complexity index is 617. The maximum absolute atomic E-state index is 11.0. The van der Waals surface area contributed by atoms with Crippen molar-refractivity contribution in [2.75, 3.05) is 6.61 Å². The molecular weight excluding hydrogens is 282 g/mol. The minimum atomic E-state index is -0.584. The van der Waals surface area contributed by atoms with Crippen LogP contribution in [0.4, 0.5) is 5.69 Å². The van der Waals surface area contributed by atoms with E-state index < -0.39 is 4.92 Å². The summed E-state index contributed by atoms with van der Waals surface area (Å²) in [5.74, 6) is 0.707. The third-order valence-corrected chi connectivity index (χ3v) is 2.84. The highest BCUT2D eigenvalue weighted by atomic mass is 35.5. The van der Waals surface area contributed by atoms with Crippen molar-refractivity contribution in [2.45, 2.75) is 13.3 Å². The van der Waals surface area contributed by atoms with Gasteiger partial charge in [-0.1, -0.05) is 18.5 Å². The Balaban J connectivity index is 2.37. The Morgan fingerprint density at radius 1 is 1.30 bits per heavy atom. The molecule has 20 heavy (non-hydrogen) atoms. The van der Waals surface area contributed by atoms with Gasteiger partial charge in [0.1, 0.15) is 12.1 Å². The molecule has 2 rings (SSSR count). The maximum atomic E-state index is 11.0. The van der Waals surface area contributed by atoms with E-state index in [-0.39, 0.29) is 16.5 Å². The van der Waals surface area contributed by atoms with Gasteiger partial charge in [-0.15, -0.1) is 0 Å². The second-order valence-corrected chi connectivity index (χ2v) is 4.35. The van der Waals surface area contributed by atoms with E-state index >= 15 is 0 Å². The topological polar surface area (TPSA) is 78.2 Å². The molecule has 0 saturated heterocycles. The van der Waals surface area contributed by atoms with E-state index in [1.54, 1.807) is 24.3 Å². The lowest BCUT2D eigenvalue weighted by molar-refractivity contribution is -0.384. The number of rotatable bonds is 5. The first kappa shape index (κ1) is 14.2. The molecule has 0 unspecified atom stereocenters. The number of ether oxygens (including phenoxy) is 1. The lowest BCUT2D eigenvalue weighted by atomic mass is 10.1. The second-order valence-electron chi connectivity index (χ2n) is 3.99. The van der Waals surface area contributed by atoms with E-state index in [9.17, 15) is 10.1 Å². The molecular formula is C13H12ClN3O3. The summed E-state index contributed by atoms with van der Waals surface area (Å²) < 4.78 is 5.45. The third kappa shape index (κ3) is 3.03. The Kier molecular flexibility index (Phi) is 4.47. The molecule has 2 aromatic rings. The number of aromatic nitrogens is 2. The summed E-state index contributed by atoms with van der Waals surface area (Å²) in [6, 6.07) is 6.89. The molecule has 0 radical (unpaired) electrons. The van der Waals surface area contributed by atoms with Crippen LogP contribution in [0.5, 0.6) is 5.75 Å². The fourth-order valence-corrected chi connectivity index (χ4v) is 1.86. The molecule has 1 heterocycles. The molecule has 0 fully saturated rings. The number of hydrogen-bond acceptors (Lipinski definition) is 5. The van der Waals surface area contributed by atoms with Crippen LogP contribution in [0.15, 0.2) is 30.6 Å². The summed E-state index contributed by atoms with van der Waals surface area (Å²) in [6.07, 6.45) is 2.11. The first-order valence-corrected chi connectivity index (χ1v) is 6.39. The van der Waals surface area contributed by atoms with E-state index in [1.807, 2.05) is 6.92 Å². The van der Waals surface area contributed by atoms with E-state index in [1.165, 1.54) is 6.33 Å². The van der Waals surface area contributed by atoms with Crippen LogP contribution in [-0.2, 0) is 0 Å². The minimum absolute atomic E-state index is 0.175. The van der Waals surface area contributed by atoms with Gasteiger partial charge in [-0.25, -0.2) is 9.97 Å². The summed E-state index contributed by atoms with van der Waals surface area (Å²) in [5, 5.41) is 10.9. The van der Waals surface area contributed by atoms with Crippen LogP contribution in [0.3, 0.4) is 0 Å². The second kappa shape index (κ2) is 6.29. The molecule has 104 valence electrons. The van der Waals surface area contributed by atoms with Crippen LogP contribution < -0.4 is 4.74 Å². The average Bonchev–Trinajstić information content (AvgIpc) is 2.45. The SMILES string of the molecule is CCCOc1ccc(-c2ncnc(Cl)c2[N+](=O)[O-])cc1. The van der Waals surface area contributed by atoms with Crippen molar-refractivity contribution < 1.29 is 9.66 Å². The van der Waals surface area contributed by atoms with E-state index in [0.717, 1.165) is 6.42 Å². The third-order valence-electron chi connectivity index (χ3n) is 2.56. The lowest BCUT2D eigenvalue weighted by Gasteiger charge is -2.06. The van der Waals surface area contributed by atoms with Gasteiger partial charge in [-0.3, -0.25) is 10.1 Å². The zero-order valence-electron chi connectivity index (χ0n) is 10.7. The monoisotopic (exact) mass is 293 g/mol. The Morgan fingerprint density at radius 3 is 2.60 bits per heavy atom. The molecule has 1 aromatic heterocycles. The number of halogens is 1. The van der Waals surface area contributed by atoms with Gasteiger partial charge in [0.15, 0.2) is 5.69 Å². The normalized spacial score (nSPS) is 10.3. The number of benzene rings is 1. The molecule has 0 atom stereocenters. The quantitative estimate of drug-likeness (QED) is 0.479. The van der Waals surface area contributed by atoms with Crippen LogP contribution in [0.25, 0.3) is 11.3 Å². The zero-order chi connectivity index (χ0) is 14.5. The predicted octanol–water partition coefficient (Wildman–Crippen LogP) is 3.49. The van der Waals surface area contributed by atoms with Crippen LogP contribution in [0, 0.1) is 10.1 Å². The van der Waals surface area contributed by atoms with Crippen LogP contribution in [0.2, 0.25) is 5.15 Å². The van der Waals surface area contributed by atoms with Gasteiger partial charge in [-0.2, -0.15) is 0 Å². The van der Waals surface area contributed by atoms with Gasteiger partial charge in [0.05, 0.1) is 11.5 Å². The van der Waals surface area contributed by atoms with Gasteiger partial charge in [0.25, 0.3) is 0 Å².